The molecule has 0 spiro atoms. The average molecular weight is 205 g/mol. The molecule has 1 aliphatic heterocycles. The highest BCUT2D eigenvalue weighted by Gasteiger charge is 2.20. The van der Waals surface area contributed by atoms with Crippen molar-refractivity contribution < 1.29 is 4.79 Å². The Hall–Kier alpha value is 0.170. The summed E-state index contributed by atoms with van der Waals surface area (Å²) in [5, 5.41) is 0.600. The first kappa shape index (κ1) is 10.3. The zero-order valence-electron chi connectivity index (χ0n) is 7.32. The van der Waals surface area contributed by atoms with Crippen LogP contribution in [-0.4, -0.2) is 40.7 Å². The first-order valence-corrected chi connectivity index (χ1v) is 5.92. The van der Waals surface area contributed by atoms with E-state index in [1.807, 2.05) is 16.7 Å². The van der Waals surface area contributed by atoms with Crippen LogP contribution in [0.25, 0.3) is 0 Å². The highest BCUT2D eigenvalue weighted by molar-refractivity contribution is 7.99. The molecule has 1 amide bonds. The van der Waals surface area contributed by atoms with Gasteiger partial charge in [0.25, 0.3) is 0 Å². The molecule has 4 heteroatoms. The van der Waals surface area contributed by atoms with E-state index in [-0.39, 0.29) is 5.91 Å². The standard InChI is InChI=1S/C8H15NOS2/c1-7-6-9(3-5-12-7)8(10)2-4-11/h7,11H,2-6H2,1H3. The van der Waals surface area contributed by atoms with Crippen LogP contribution in [0.2, 0.25) is 0 Å². The largest absolute Gasteiger partial charge is 0.341 e. The van der Waals surface area contributed by atoms with Crippen LogP contribution in [0, 0.1) is 0 Å². The normalized spacial score (nSPS) is 24.2. The number of carbonyl (C=O) groups excluding carboxylic acids is 1. The average Bonchev–Trinajstić information content (AvgIpc) is 2.05. The van der Waals surface area contributed by atoms with Crippen LogP contribution in [0.15, 0.2) is 0 Å². The molecule has 1 saturated heterocycles. The fourth-order valence-electron chi connectivity index (χ4n) is 1.30. The maximum Gasteiger partial charge on any atom is 0.223 e. The van der Waals surface area contributed by atoms with Crippen molar-refractivity contribution in [3.8, 4) is 0 Å². The van der Waals surface area contributed by atoms with E-state index in [4.69, 9.17) is 0 Å². The van der Waals surface area contributed by atoms with Crippen LogP contribution in [0.4, 0.5) is 0 Å². The van der Waals surface area contributed by atoms with E-state index in [0.29, 0.717) is 17.4 Å². The molecule has 0 aliphatic carbocycles. The van der Waals surface area contributed by atoms with Gasteiger partial charge < -0.3 is 4.90 Å². The third-order valence-electron chi connectivity index (χ3n) is 1.92. The molecule has 1 heterocycles. The van der Waals surface area contributed by atoms with Gasteiger partial charge in [-0.3, -0.25) is 4.79 Å². The Labute approximate surface area is 83.5 Å². The van der Waals surface area contributed by atoms with Crippen molar-refractivity contribution >= 4 is 30.3 Å². The quantitative estimate of drug-likeness (QED) is 0.685. The van der Waals surface area contributed by atoms with Crippen LogP contribution < -0.4 is 0 Å². The molecule has 1 atom stereocenters. The van der Waals surface area contributed by atoms with Gasteiger partial charge in [0.2, 0.25) is 5.91 Å². The lowest BCUT2D eigenvalue weighted by Gasteiger charge is -2.30. The Morgan fingerprint density at radius 3 is 3.08 bits per heavy atom. The van der Waals surface area contributed by atoms with Crippen molar-refractivity contribution in [3.63, 3.8) is 0 Å². The monoisotopic (exact) mass is 205 g/mol. The van der Waals surface area contributed by atoms with Crippen LogP contribution in [-0.2, 0) is 4.79 Å². The Balaban J connectivity index is 2.35. The van der Waals surface area contributed by atoms with Gasteiger partial charge in [0, 0.05) is 30.5 Å². The number of thiol groups is 1. The molecule has 0 aromatic carbocycles. The first-order valence-electron chi connectivity index (χ1n) is 4.24. The van der Waals surface area contributed by atoms with E-state index in [1.165, 1.54) is 0 Å². The fourth-order valence-corrected chi connectivity index (χ4v) is 2.50. The van der Waals surface area contributed by atoms with Crippen LogP contribution in [0.3, 0.4) is 0 Å². The SMILES string of the molecule is CC1CN(C(=O)CCS)CCS1. The summed E-state index contributed by atoms with van der Waals surface area (Å²) < 4.78 is 0. The first-order chi connectivity index (χ1) is 5.74. The van der Waals surface area contributed by atoms with Gasteiger partial charge in [0.05, 0.1) is 0 Å². The molecule has 1 fully saturated rings. The number of thioether (sulfide) groups is 1. The number of nitrogens with zero attached hydrogens (tertiary/aromatic N) is 1. The minimum Gasteiger partial charge on any atom is -0.341 e. The maximum absolute atomic E-state index is 11.4. The van der Waals surface area contributed by atoms with Crippen molar-refractivity contribution in [2.45, 2.75) is 18.6 Å². The predicted molar refractivity (Wildman–Crippen MR) is 57.0 cm³/mol. The maximum atomic E-state index is 11.4. The summed E-state index contributed by atoms with van der Waals surface area (Å²) in [5.74, 6) is 2.01. The number of hydrogen-bond donors (Lipinski definition) is 1. The molecular weight excluding hydrogens is 190 g/mol. The molecule has 70 valence electrons. The Morgan fingerprint density at radius 1 is 1.75 bits per heavy atom. The molecule has 2 nitrogen and oxygen atoms in total. The Morgan fingerprint density at radius 2 is 2.50 bits per heavy atom. The minimum atomic E-state index is 0.261. The fraction of sp³-hybridized carbons (Fsp3) is 0.875. The number of carbonyl (C=O) groups is 1. The third-order valence-corrected chi connectivity index (χ3v) is 3.28. The third kappa shape index (κ3) is 2.90. The van der Waals surface area contributed by atoms with Crippen molar-refractivity contribution in [2.75, 3.05) is 24.6 Å². The number of rotatable bonds is 2. The second kappa shape index (κ2) is 5.02. The summed E-state index contributed by atoms with van der Waals surface area (Å²) in [5.41, 5.74) is 0. The molecule has 0 N–H and O–H groups in total. The molecular formula is C8H15NOS2. The van der Waals surface area contributed by atoms with Crippen molar-refractivity contribution in [2.24, 2.45) is 0 Å². The lowest BCUT2D eigenvalue weighted by molar-refractivity contribution is -0.130. The second-order valence-electron chi connectivity index (χ2n) is 2.99. The van der Waals surface area contributed by atoms with Crippen LogP contribution >= 0.6 is 24.4 Å². The molecule has 0 aromatic heterocycles. The predicted octanol–water partition coefficient (Wildman–Crippen LogP) is 1.27. The van der Waals surface area contributed by atoms with Gasteiger partial charge in [-0.25, -0.2) is 0 Å². The van der Waals surface area contributed by atoms with Gasteiger partial charge in [0.15, 0.2) is 0 Å². The van der Waals surface area contributed by atoms with Crippen molar-refractivity contribution in [1.29, 1.82) is 0 Å². The molecule has 0 saturated carbocycles. The van der Waals surface area contributed by atoms with Gasteiger partial charge in [-0.1, -0.05) is 6.92 Å². The van der Waals surface area contributed by atoms with Gasteiger partial charge >= 0.3 is 0 Å². The minimum absolute atomic E-state index is 0.261. The zero-order valence-corrected chi connectivity index (χ0v) is 9.03. The molecule has 0 radical (unpaired) electrons. The topological polar surface area (TPSA) is 20.3 Å². The highest BCUT2D eigenvalue weighted by Crippen LogP contribution is 2.18. The van der Waals surface area contributed by atoms with Gasteiger partial charge in [0.1, 0.15) is 0 Å². The van der Waals surface area contributed by atoms with E-state index in [0.717, 1.165) is 18.8 Å². The highest BCUT2D eigenvalue weighted by atomic mass is 32.2. The molecule has 12 heavy (non-hydrogen) atoms. The summed E-state index contributed by atoms with van der Waals surface area (Å²) in [6, 6.07) is 0. The smallest absolute Gasteiger partial charge is 0.223 e. The van der Waals surface area contributed by atoms with Crippen LogP contribution in [0.1, 0.15) is 13.3 Å². The van der Waals surface area contributed by atoms with Crippen molar-refractivity contribution in [1.82, 2.24) is 4.90 Å². The van der Waals surface area contributed by atoms with Crippen LogP contribution in [0.5, 0.6) is 0 Å². The molecule has 1 aliphatic rings. The summed E-state index contributed by atoms with van der Waals surface area (Å²) in [6.45, 7) is 4.00. The van der Waals surface area contributed by atoms with Crippen molar-refractivity contribution in [3.05, 3.63) is 0 Å². The Bertz CT molecular complexity index is 163. The summed E-state index contributed by atoms with van der Waals surface area (Å²) in [4.78, 5) is 13.4. The summed E-state index contributed by atoms with van der Waals surface area (Å²) >= 11 is 5.99. The van der Waals surface area contributed by atoms with Gasteiger partial charge in [-0.05, 0) is 5.75 Å². The van der Waals surface area contributed by atoms with E-state index in [9.17, 15) is 4.79 Å². The summed E-state index contributed by atoms with van der Waals surface area (Å²) in [7, 11) is 0. The van der Waals surface area contributed by atoms with Gasteiger partial charge in [-0.15, -0.1) is 0 Å². The zero-order chi connectivity index (χ0) is 8.97. The van der Waals surface area contributed by atoms with Gasteiger partial charge in [-0.2, -0.15) is 24.4 Å². The van der Waals surface area contributed by atoms with E-state index < -0.39 is 0 Å². The second-order valence-corrected chi connectivity index (χ2v) is 4.99. The number of amides is 1. The lowest BCUT2D eigenvalue weighted by atomic mass is 10.3. The Kier molecular flexibility index (Phi) is 4.29. The van der Waals surface area contributed by atoms with E-state index >= 15 is 0 Å². The van der Waals surface area contributed by atoms with E-state index in [1.54, 1.807) is 0 Å². The molecule has 1 unspecified atom stereocenters. The molecule has 1 rings (SSSR count). The molecule has 0 aromatic rings. The molecule has 0 bridgehead atoms. The lowest BCUT2D eigenvalue weighted by Crippen LogP contribution is -2.41. The number of hydrogen-bond acceptors (Lipinski definition) is 3. The summed E-state index contributed by atoms with van der Waals surface area (Å²) in [6.07, 6.45) is 0.584. The van der Waals surface area contributed by atoms with E-state index in [2.05, 4.69) is 19.6 Å².